The van der Waals surface area contributed by atoms with Gasteiger partial charge in [-0.2, -0.15) is 0 Å². The molecule has 0 spiro atoms. The molecule has 4 nitrogen and oxygen atoms in total. The van der Waals surface area contributed by atoms with Gasteiger partial charge in [-0.1, -0.05) is 11.6 Å². The van der Waals surface area contributed by atoms with E-state index >= 15 is 0 Å². The van der Waals surface area contributed by atoms with Gasteiger partial charge in [-0.3, -0.25) is 4.98 Å². The monoisotopic (exact) mass is 280 g/mol. The number of aryl methyl sites for hydroxylation is 1. The molecule has 0 aliphatic carbocycles. The van der Waals surface area contributed by atoms with Gasteiger partial charge in [-0.15, -0.1) is 0 Å². The maximum absolute atomic E-state index is 11.4. The molecule has 3 aromatic rings. The number of hydrogen-bond acceptors (Lipinski definition) is 3. The standard InChI is InChI=1S/C17H16N2O2/c1-12-3-6-16-13(9-12)7-8-19(16)11-15-5-4-14(10-18-15)17(20)21-2/h3-10H,11H2,1-2H3. The van der Waals surface area contributed by atoms with E-state index in [2.05, 4.69) is 51.7 Å². The number of rotatable bonds is 3. The summed E-state index contributed by atoms with van der Waals surface area (Å²) < 4.78 is 6.81. The number of carbonyl (C=O) groups is 1. The molecule has 1 aromatic carbocycles. The summed E-state index contributed by atoms with van der Waals surface area (Å²) >= 11 is 0. The molecule has 3 rings (SSSR count). The molecule has 0 aliphatic rings. The molecule has 0 N–H and O–H groups in total. The number of aromatic nitrogens is 2. The molecule has 4 heteroatoms. The predicted molar refractivity (Wildman–Crippen MR) is 81.4 cm³/mol. The Balaban J connectivity index is 1.86. The van der Waals surface area contributed by atoms with Crippen molar-refractivity contribution >= 4 is 16.9 Å². The summed E-state index contributed by atoms with van der Waals surface area (Å²) in [6.45, 7) is 2.76. The van der Waals surface area contributed by atoms with Crippen LogP contribution in [0.3, 0.4) is 0 Å². The average Bonchev–Trinajstić information content (AvgIpc) is 2.89. The van der Waals surface area contributed by atoms with Crippen molar-refractivity contribution in [3.05, 3.63) is 65.6 Å². The topological polar surface area (TPSA) is 44.1 Å². The van der Waals surface area contributed by atoms with Crippen LogP contribution < -0.4 is 0 Å². The molecule has 0 saturated carbocycles. The fourth-order valence-corrected chi connectivity index (χ4v) is 2.39. The van der Waals surface area contributed by atoms with Crippen molar-refractivity contribution in [1.82, 2.24) is 9.55 Å². The first-order valence-corrected chi connectivity index (χ1v) is 6.76. The highest BCUT2D eigenvalue weighted by Crippen LogP contribution is 2.18. The quantitative estimate of drug-likeness (QED) is 0.692. The van der Waals surface area contributed by atoms with Gasteiger partial charge in [0.15, 0.2) is 0 Å². The minimum absolute atomic E-state index is 0.365. The number of hydrogen-bond donors (Lipinski definition) is 0. The molecule has 0 saturated heterocycles. The lowest BCUT2D eigenvalue weighted by atomic mass is 10.2. The third-order valence-corrected chi connectivity index (χ3v) is 3.50. The molecule has 0 amide bonds. The molecule has 21 heavy (non-hydrogen) atoms. The lowest BCUT2D eigenvalue weighted by Gasteiger charge is -2.06. The van der Waals surface area contributed by atoms with Crippen LogP contribution in [0.5, 0.6) is 0 Å². The number of methoxy groups -OCH3 is 1. The van der Waals surface area contributed by atoms with E-state index in [1.165, 1.54) is 23.6 Å². The van der Waals surface area contributed by atoms with Crippen LogP contribution in [0.2, 0.25) is 0 Å². The molecular weight excluding hydrogens is 264 g/mol. The highest BCUT2D eigenvalue weighted by molar-refractivity contribution is 5.88. The lowest BCUT2D eigenvalue weighted by Crippen LogP contribution is -2.04. The second kappa shape index (κ2) is 5.40. The normalized spacial score (nSPS) is 10.8. The van der Waals surface area contributed by atoms with E-state index < -0.39 is 0 Å². The van der Waals surface area contributed by atoms with Crippen LogP contribution in [0, 0.1) is 6.92 Å². The molecular formula is C17H16N2O2. The Morgan fingerprint density at radius 3 is 2.81 bits per heavy atom. The zero-order valence-electron chi connectivity index (χ0n) is 12.0. The molecule has 0 atom stereocenters. The Morgan fingerprint density at radius 2 is 2.10 bits per heavy atom. The van der Waals surface area contributed by atoms with Crippen molar-refractivity contribution in [2.75, 3.05) is 7.11 Å². The molecule has 0 aliphatic heterocycles. The second-order valence-corrected chi connectivity index (χ2v) is 5.04. The van der Waals surface area contributed by atoms with E-state index in [9.17, 15) is 4.79 Å². The maximum Gasteiger partial charge on any atom is 0.339 e. The van der Waals surface area contributed by atoms with Crippen LogP contribution >= 0.6 is 0 Å². The molecule has 2 aromatic heterocycles. The van der Waals surface area contributed by atoms with Gasteiger partial charge < -0.3 is 9.30 Å². The van der Waals surface area contributed by atoms with Crippen LogP contribution in [0.15, 0.2) is 48.8 Å². The Labute approximate surface area is 123 Å². The van der Waals surface area contributed by atoms with Crippen LogP contribution in [-0.2, 0) is 11.3 Å². The number of esters is 1. The summed E-state index contributed by atoms with van der Waals surface area (Å²) in [5.41, 5.74) is 3.80. The fourth-order valence-electron chi connectivity index (χ4n) is 2.39. The van der Waals surface area contributed by atoms with Crippen molar-refractivity contribution in [3.8, 4) is 0 Å². The van der Waals surface area contributed by atoms with Crippen molar-refractivity contribution in [2.45, 2.75) is 13.5 Å². The summed E-state index contributed by atoms with van der Waals surface area (Å²) in [4.78, 5) is 15.7. The summed E-state index contributed by atoms with van der Waals surface area (Å²) in [5.74, 6) is -0.365. The van der Waals surface area contributed by atoms with Gasteiger partial charge in [0.2, 0.25) is 0 Å². The number of fused-ring (bicyclic) bond motifs is 1. The second-order valence-electron chi connectivity index (χ2n) is 5.04. The number of pyridine rings is 1. The zero-order chi connectivity index (χ0) is 14.8. The Hall–Kier alpha value is -2.62. The molecule has 0 fully saturated rings. The van der Waals surface area contributed by atoms with Crippen LogP contribution in [0.1, 0.15) is 21.6 Å². The zero-order valence-corrected chi connectivity index (χ0v) is 12.0. The fraction of sp³-hybridized carbons (Fsp3) is 0.176. The number of ether oxygens (including phenoxy) is 1. The minimum atomic E-state index is -0.365. The van der Waals surface area contributed by atoms with Gasteiger partial charge in [0, 0.05) is 17.9 Å². The number of benzene rings is 1. The summed E-state index contributed by atoms with van der Waals surface area (Å²) in [7, 11) is 1.37. The Kier molecular flexibility index (Phi) is 3.44. The Bertz CT molecular complexity index is 788. The van der Waals surface area contributed by atoms with E-state index in [1.807, 2.05) is 6.07 Å². The molecule has 0 bridgehead atoms. The van der Waals surface area contributed by atoms with Crippen molar-refractivity contribution in [3.63, 3.8) is 0 Å². The largest absolute Gasteiger partial charge is 0.465 e. The van der Waals surface area contributed by atoms with E-state index in [-0.39, 0.29) is 5.97 Å². The van der Waals surface area contributed by atoms with Crippen molar-refractivity contribution in [1.29, 1.82) is 0 Å². The lowest BCUT2D eigenvalue weighted by molar-refractivity contribution is 0.0600. The third-order valence-electron chi connectivity index (χ3n) is 3.50. The molecule has 0 unspecified atom stereocenters. The predicted octanol–water partition coefficient (Wildman–Crippen LogP) is 3.18. The van der Waals surface area contributed by atoms with E-state index in [1.54, 1.807) is 12.3 Å². The van der Waals surface area contributed by atoms with E-state index in [0.717, 1.165) is 5.69 Å². The van der Waals surface area contributed by atoms with Gasteiger partial charge in [-0.05, 0) is 42.6 Å². The van der Waals surface area contributed by atoms with Gasteiger partial charge in [0.05, 0.1) is 24.9 Å². The smallest absolute Gasteiger partial charge is 0.339 e. The van der Waals surface area contributed by atoms with Gasteiger partial charge in [0.25, 0.3) is 0 Å². The maximum atomic E-state index is 11.4. The highest BCUT2D eigenvalue weighted by atomic mass is 16.5. The average molecular weight is 280 g/mol. The number of nitrogens with zero attached hydrogens (tertiary/aromatic N) is 2. The van der Waals surface area contributed by atoms with Crippen LogP contribution in [-0.4, -0.2) is 22.6 Å². The van der Waals surface area contributed by atoms with Crippen LogP contribution in [0.4, 0.5) is 0 Å². The highest BCUT2D eigenvalue weighted by Gasteiger charge is 2.07. The van der Waals surface area contributed by atoms with E-state index in [0.29, 0.717) is 12.1 Å². The molecule has 0 radical (unpaired) electrons. The first-order valence-electron chi connectivity index (χ1n) is 6.76. The molecule has 106 valence electrons. The summed E-state index contributed by atoms with van der Waals surface area (Å²) in [6.07, 6.45) is 3.61. The molecule has 2 heterocycles. The van der Waals surface area contributed by atoms with Gasteiger partial charge in [-0.25, -0.2) is 4.79 Å². The van der Waals surface area contributed by atoms with Crippen molar-refractivity contribution in [2.24, 2.45) is 0 Å². The van der Waals surface area contributed by atoms with Crippen molar-refractivity contribution < 1.29 is 9.53 Å². The number of carbonyl (C=O) groups excluding carboxylic acids is 1. The summed E-state index contributed by atoms with van der Waals surface area (Å²) in [6, 6.07) is 12.1. The van der Waals surface area contributed by atoms with E-state index in [4.69, 9.17) is 0 Å². The van der Waals surface area contributed by atoms with Gasteiger partial charge in [0.1, 0.15) is 0 Å². The SMILES string of the molecule is COC(=O)c1ccc(Cn2ccc3cc(C)ccc32)nc1. The van der Waals surface area contributed by atoms with Gasteiger partial charge >= 0.3 is 5.97 Å². The first-order chi connectivity index (χ1) is 10.2. The first kappa shape index (κ1) is 13.4. The Morgan fingerprint density at radius 1 is 1.24 bits per heavy atom. The third kappa shape index (κ3) is 2.65. The van der Waals surface area contributed by atoms with Crippen LogP contribution in [0.25, 0.3) is 10.9 Å². The summed E-state index contributed by atoms with van der Waals surface area (Å²) in [5, 5.41) is 1.22. The minimum Gasteiger partial charge on any atom is -0.465 e.